The van der Waals surface area contributed by atoms with Gasteiger partial charge in [0.15, 0.2) is 0 Å². The summed E-state index contributed by atoms with van der Waals surface area (Å²) in [7, 11) is 1.31. The van der Waals surface area contributed by atoms with Crippen LogP contribution in [-0.4, -0.2) is 28.0 Å². The first-order chi connectivity index (χ1) is 10.7. The minimum atomic E-state index is -0.565. The van der Waals surface area contributed by atoms with Crippen molar-refractivity contribution < 1.29 is 9.53 Å². The van der Waals surface area contributed by atoms with Crippen molar-refractivity contribution >= 4 is 17.7 Å². The first-order valence-corrected chi connectivity index (χ1v) is 6.91. The molecule has 3 rings (SSSR count). The van der Waals surface area contributed by atoms with E-state index in [0.29, 0.717) is 16.4 Å². The molecule has 0 aliphatic carbocycles. The lowest BCUT2D eigenvalue weighted by Crippen LogP contribution is -2.14. The molecule has 5 nitrogen and oxygen atoms in total. The van der Waals surface area contributed by atoms with Gasteiger partial charge < -0.3 is 4.74 Å². The van der Waals surface area contributed by atoms with Crippen molar-refractivity contribution in [3.05, 3.63) is 59.9 Å². The summed E-state index contributed by atoms with van der Waals surface area (Å²) in [4.78, 5) is 16.0. The molecule has 0 radical (unpaired) electrons. The molecule has 0 aliphatic heterocycles. The van der Waals surface area contributed by atoms with Crippen molar-refractivity contribution in [3.8, 4) is 22.5 Å². The number of carbonyl (C=O) groups is 1. The first kappa shape index (κ1) is 14.3. The Morgan fingerprint density at radius 2 is 2.00 bits per heavy atom. The Labute approximate surface area is 132 Å². The second-order valence-electron chi connectivity index (χ2n) is 4.55. The van der Waals surface area contributed by atoms with E-state index in [9.17, 15) is 4.79 Å². The molecular formula is C16H12ClN3O2. The Balaban J connectivity index is 2.16. The van der Waals surface area contributed by atoms with E-state index in [1.807, 2.05) is 24.3 Å². The molecule has 22 heavy (non-hydrogen) atoms. The van der Waals surface area contributed by atoms with Crippen molar-refractivity contribution in [1.82, 2.24) is 14.8 Å². The third kappa shape index (κ3) is 2.71. The van der Waals surface area contributed by atoms with Crippen LogP contribution < -0.4 is 0 Å². The SMILES string of the molecule is COC(=O)n1nc(-c2cccnc2)cc1-c1cccc(Cl)c1. The number of rotatable bonds is 2. The van der Waals surface area contributed by atoms with Crippen LogP contribution in [0, 0.1) is 0 Å². The maximum Gasteiger partial charge on any atom is 0.434 e. The number of pyridine rings is 1. The molecule has 0 N–H and O–H groups in total. The quantitative estimate of drug-likeness (QED) is 0.720. The molecule has 0 amide bonds. The summed E-state index contributed by atoms with van der Waals surface area (Å²) in [6.07, 6.45) is 2.80. The molecule has 0 aliphatic rings. The Kier molecular flexibility index (Phi) is 3.89. The molecule has 2 heterocycles. The number of hydrogen-bond acceptors (Lipinski definition) is 4. The zero-order valence-corrected chi connectivity index (χ0v) is 12.5. The van der Waals surface area contributed by atoms with E-state index in [1.165, 1.54) is 11.8 Å². The molecule has 0 spiro atoms. The smallest absolute Gasteiger partial charge is 0.434 e. The van der Waals surface area contributed by atoms with Gasteiger partial charge in [0.2, 0.25) is 0 Å². The molecule has 6 heteroatoms. The number of halogens is 1. The number of hydrogen-bond donors (Lipinski definition) is 0. The van der Waals surface area contributed by atoms with Crippen molar-refractivity contribution in [2.45, 2.75) is 0 Å². The van der Waals surface area contributed by atoms with Crippen molar-refractivity contribution in [3.63, 3.8) is 0 Å². The van der Waals surface area contributed by atoms with Crippen LogP contribution in [0.1, 0.15) is 0 Å². The van der Waals surface area contributed by atoms with Gasteiger partial charge in [-0.1, -0.05) is 23.7 Å². The number of carbonyl (C=O) groups excluding carboxylic acids is 1. The van der Waals surface area contributed by atoms with Crippen LogP contribution >= 0.6 is 11.6 Å². The maximum atomic E-state index is 12.0. The predicted molar refractivity (Wildman–Crippen MR) is 83.7 cm³/mol. The fourth-order valence-electron chi connectivity index (χ4n) is 2.12. The van der Waals surface area contributed by atoms with Crippen LogP contribution in [0.5, 0.6) is 0 Å². The lowest BCUT2D eigenvalue weighted by Gasteiger charge is -2.04. The minimum Gasteiger partial charge on any atom is -0.451 e. The number of ether oxygens (including phenoxy) is 1. The van der Waals surface area contributed by atoms with E-state index in [2.05, 4.69) is 10.1 Å². The molecule has 0 saturated heterocycles. The summed E-state index contributed by atoms with van der Waals surface area (Å²) in [5, 5.41) is 4.90. The largest absolute Gasteiger partial charge is 0.451 e. The Morgan fingerprint density at radius 1 is 1.18 bits per heavy atom. The number of benzene rings is 1. The molecule has 1 aromatic carbocycles. The average Bonchev–Trinajstić information content (AvgIpc) is 3.00. The summed E-state index contributed by atoms with van der Waals surface area (Å²) >= 11 is 6.03. The third-order valence-electron chi connectivity index (χ3n) is 3.13. The number of nitrogens with zero attached hydrogens (tertiary/aromatic N) is 3. The summed E-state index contributed by atoms with van der Waals surface area (Å²) in [5.41, 5.74) is 2.83. The number of aromatic nitrogens is 3. The van der Waals surface area contributed by atoms with Crippen LogP contribution in [0.3, 0.4) is 0 Å². The Bertz CT molecular complexity index is 815. The zero-order valence-electron chi connectivity index (χ0n) is 11.7. The zero-order chi connectivity index (χ0) is 15.5. The monoisotopic (exact) mass is 313 g/mol. The van der Waals surface area contributed by atoms with Gasteiger partial charge in [0, 0.05) is 28.5 Å². The molecule has 110 valence electrons. The first-order valence-electron chi connectivity index (χ1n) is 6.54. The fourth-order valence-corrected chi connectivity index (χ4v) is 2.31. The Morgan fingerprint density at radius 3 is 2.68 bits per heavy atom. The van der Waals surface area contributed by atoms with E-state index in [4.69, 9.17) is 16.3 Å². The summed E-state index contributed by atoms with van der Waals surface area (Å²) < 4.78 is 6.01. The van der Waals surface area contributed by atoms with E-state index >= 15 is 0 Å². The summed E-state index contributed by atoms with van der Waals surface area (Å²) in [6, 6.07) is 12.7. The van der Waals surface area contributed by atoms with Crippen molar-refractivity contribution in [1.29, 1.82) is 0 Å². The van der Waals surface area contributed by atoms with Crippen LogP contribution in [-0.2, 0) is 4.74 Å². The van der Waals surface area contributed by atoms with Crippen LogP contribution in [0.15, 0.2) is 54.9 Å². The fraction of sp³-hybridized carbons (Fsp3) is 0.0625. The minimum absolute atomic E-state index is 0.565. The van der Waals surface area contributed by atoms with Gasteiger partial charge in [0.25, 0.3) is 0 Å². The highest BCUT2D eigenvalue weighted by molar-refractivity contribution is 6.30. The molecule has 2 aromatic heterocycles. The standard InChI is InChI=1S/C16H12ClN3O2/c1-22-16(21)20-15(11-4-2-6-13(17)8-11)9-14(19-20)12-5-3-7-18-10-12/h2-10H,1H3. The molecule has 0 unspecified atom stereocenters. The highest BCUT2D eigenvalue weighted by atomic mass is 35.5. The second-order valence-corrected chi connectivity index (χ2v) is 4.99. The molecule has 0 bridgehead atoms. The average molecular weight is 314 g/mol. The van der Waals surface area contributed by atoms with Gasteiger partial charge >= 0.3 is 6.09 Å². The number of methoxy groups -OCH3 is 1. The van der Waals surface area contributed by atoms with Crippen LogP contribution in [0.4, 0.5) is 4.79 Å². The molecule has 3 aromatic rings. The van der Waals surface area contributed by atoms with E-state index in [1.54, 1.807) is 30.6 Å². The topological polar surface area (TPSA) is 57.0 Å². The highest BCUT2D eigenvalue weighted by Gasteiger charge is 2.17. The van der Waals surface area contributed by atoms with E-state index in [-0.39, 0.29) is 0 Å². The third-order valence-corrected chi connectivity index (χ3v) is 3.37. The maximum absolute atomic E-state index is 12.0. The highest BCUT2D eigenvalue weighted by Crippen LogP contribution is 2.27. The van der Waals surface area contributed by atoms with E-state index in [0.717, 1.165) is 11.1 Å². The van der Waals surface area contributed by atoms with Crippen LogP contribution in [0.2, 0.25) is 5.02 Å². The molecule has 0 atom stereocenters. The van der Waals surface area contributed by atoms with Crippen molar-refractivity contribution in [2.24, 2.45) is 0 Å². The molecule has 0 fully saturated rings. The summed E-state index contributed by atoms with van der Waals surface area (Å²) in [6.45, 7) is 0. The van der Waals surface area contributed by atoms with E-state index < -0.39 is 6.09 Å². The Hall–Kier alpha value is -2.66. The van der Waals surface area contributed by atoms with Crippen LogP contribution in [0.25, 0.3) is 22.5 Å². The van der Waals surface area contributed by atoms with Crippen molar-refractivity contribution in [2.75, 3.05) is 7.11 Å². The van der Waals surface area contributed by atoms with Gasteiger partial charge in [-0.2, -0.15) is 9.78 Å². The van der Waals surface area contributed by atoms with Gasteiger partial charge in [-0.05, 0) is 30.3 Å². The predicted octanol–water partition coefficient (Wildman–Crippen LogP) is 3.88. The summed E-state index contributed by atoms with van der Waals surface area (Å²) in [5.74, 6) is 0. The van der Waals surface area contributed by atoms with Gasteiger partial charge in [0.05, 0.1) is 18.5 Å². The molecular weight excluding hydrogens is 302 g/mol. The lowest BCUT2D eigenvalue weighted by molar-refractivity contribution is 0.170. The lowest BCUT2D eigenvalue weighted by atomic mass is 10.1. The second kappa shape index (κ2) is 5.99. The normalized spacial score (nSPS) is 10.5. The van der Waals surface area contributed by atoms with Gasteiger partial charge in [0.1, 0.15) is 0 Å². The van der Waals surface area contributed by atoms with Gasteiger partial charge in [-0.15, -0.1) is 0 Å². The van der Waals surface area contributed by atoms with Gasteiger partial charge in [-0.3, -0.25) is 4.98 Å². The molecule has 0 saturated carbocycles. The van der Waals surface area contributed by atoms with Gasteiger partial charge in [-0.25, -0.2) is 4.79 Å².